The number of pyridine rings is 1. The molecule has 3 nitrogen and oxygen atoms in total. The summed E-state index contributed by atoms with van der Waals surface area (Å²) in [6, 6.07) is 1.69. The highest BCUT2D eigenvalue weighted by molar-refractivity contribution is 8.01. The van der Waals surface area contributed by atoms with E-state index in [2.05, 4.69) is 15.3 Å². The summed E-state index contributed by atoms with van der Waals surface area (Å²) in [7, 11) is 1.77. The molecule has 0 saturated carbocycles. The summed E-state index contributed by atoms with van der Waals surface area (Å²) in [4.78, 5) is 8.70. The molecule has 90 valence electrons. The fourth-order valence-corrected chi connectivity index (χ4v) is 3.47. The summed E-state index contributed by atoms with van der Waals surface area (Å²) in [6.07, 6.45) is 0. The SMILES string of the molecule is CNc1nc(Sc2nc(C)cs2)c(Cl)cc1Cl. The number of thiazole rings is 1. The number of hydrogen-bond donors (Lipinski definition) is 1. The lowest BCUT2D eigenvalue weighted by molar-refractivity contribution is 1.11. The summed E-state index contributed by atoms with van der Waals surface area (Å²) >= 11 is 15.1. The molecular weight excluding hydrogens is 297 g/mol. The second-order valence-corrected chi connectivity index (χ2v) is 6.12. The van der Waals surface area contributed by atoms with E-state index in [9.17, 15) is 0 Å². The summed E-state index contributed by atoms with van der Waals surface area (Å²) in [5.41, 5.74) is 0.997. The Morgan fingerprint density at radius 1 is 1.29 bits per heavy atom. The van der Waals surface area contributed by atoms with Crippen LogP contribution in [0.3, 0.4) is 0 Å². The van der Waals surface area contributed by atoms with Gasteiger partial charge in [-0.25, -0.2) is 9.97 Å². The van der Waals surface area contributed by atoms with Crippen molar-refractivity contribution in [3.63, 3.8) is 0 Å². The molecular formula is C10H9Cl2N3S2. The van der Waals surface area contributed by atoms with Crippen molar-refractivity contribution in [3.8, 4) is 0 Å². The molecule has 0 aliphatic heterocycles. The van der Waals surface area contributed by atoms with Gasteiger partial charge in [0, 0.05) is 18.1 Å². The van der Waals surface area contributed by atoms with Crippen molar-refractivity contribution >= 4 is 52.1 Å². The van der Waals surface area contributed by atoms with Crippen molar-refractivity contribution in [2.45, 2.75) is 16.3 Å². The molecule has 17 heavy (non-hydrogen) atoms. The predicted octanol–water partition coefficient (Wildman–Crippen LogP) is 4.35. The van der Waals surface area contributed by atoms with Gasteiger partial charge in [0.25, 0.3) is 0 Å². The molecule has 0 aromatic carbocycles. The molecule has 0 atom stereocenters. The Labute approximate surface area is 118 Å². The Kier molecular flexibility index (Phi) is 4.14. The third kappa shape index (κ3) is 3.04. The van der Waals surface area contributed by atoms with Gasteiger partial charge in [-0.15, -0.1) is 11.3 Å². The van der Waals surface area contributed by atoms with Crippen LogP contribution in [-0.2, 0) is 0 Å². The van der Waals surface area contributed by atoms with Crippen LogP contribution in [0.25, 0.3) is 0 Å². The fraction of sp³-hybridized carbons (Fsp3) is 0.200. The third-order valence-electron chi connectivity index (χ3n) is 1.92. The molecule has 0 amide bonds. The Balaban J connectivity index is 2.32. The fourth-order valence-electron chi connectivity index (χ4n) is 1.16. The van der Waals surface area contributed by atoms with Gasteiger partial charge in [0.15, 0.2) is 4.34 Å². The number of nitrogens with zero attached hydrogens (tertiary/aromatic N) is 2. The molecule has 0 spiro atoms. The second kappa shape index (κ2) is 5.44. The highest BCUT2D eigenvalue weighted by Crippen LogP contribution is 2.36. The summed E-state index contributed by atoms with van der Waals surface area (Å²) in [6.45, 7) is 1.95. The van der Waals surface area contributed by atoms with E-state index >= 15 is 0 Å². The topological polar surface area (TPSA) is 37.8 Å². The van der Waals surface area contributed by atoms with Crippen LogP contribution in [0.1, 0.15) is 5.69 Å². The van der Waals surface area contributed by atoms with Gasteiger partial charge in [0.1, 0.15) is 10.8 Å². The van der Waals surface area contributed by atoms with Gasteiger partial charge in [-0.2, -0.15) is 0 Å². The Bertz CT molecular complexity index is 542. The number of hydrogen-bond acceptors (Lipinski definition) is 5. The summed E-state index contributed by atoms with van der Waals surface area (Å²) in [5, 5.41) is 6.66. The zero-order valence-electron chi connectivity index (χ0n) is 9.12. The largest absolute Gasteiger partial charge is 0.372 e. The van der Waals surface area contributed by atoms with Crippen molar-refractivity contribution in [1.29, 1.82) is 0 Å². The van der Waals surface area contributed by atoms with E-state index in [0.29, 0.717) is 20.9 Å². The second-order valence-electron chi connectivity index (χ2n) is 3.21. The van der Waals surface area contributed by atoms with Crippen molar-refractivity contribution in [2.24, 2.45) is 0 Å². The van der Waals surface area contributed by atoms with E-state index in [4.69, 9.17) is 23.2 Å². The van der Waals surface area contributed by atoms with E-state index in [1.54, 1.807) is 24.5 Å². The minimum absolute atomic E-state index is 0.511. The summed E-state index contributed by atoms with van der Waals surface area (Å²) < 4.78 is 0.918. The van der Waals surface area contributed by atoms with Crippen molar-refractivity contribution in [1.82, 2.24) is 9.97 Å². The average Bonchev–Trinajstić information content (AvgIpc) is 2.68. The maximum absolute atomic E-state index is 6.10. The van der Waals surface area contributed by atoms with E-state index in [-0.39, 0.29) is 0 Å². The molecule has 0 fully saturated rings. The number of rotatable bonds is 3. The molecule has 7 heteroatoms. The van der Waals surface area contributed by atoms with Crippen LogP contribution < -0.4 is 5.32 Å². The third-order valence-corrected chi connectivity index (χ3v) is 4.67. The van der Waals surface area contributed by atoms with Crippen molar-refractivity contribution < 1.29 is 0 Å². The van der Waals surface area contributed by atoms with E-state index in [0.717, 1.165) is 10.0 Å². The first-order valence-electron chi connectivity index (χ1n) is 4.74. The van der Waals surface area contributed by atoms with E-state index < -0.39 is 0 Å². The van der Waals surface area contributed by atoms with Crippen LogP contribution in [0.15, 0.2) is 20.8 Å². The van der Waals surface area contributed by atoms with E-state index in [1.807, 2.05) is 12.3 Å². The van der Waals surface area contributed by atoms with Crippen molar-refractivity contribution in [2.75, 3.05) is 12.4 Å². The number of aromatic nitrogens is 2. The first kappa shape index (κ1) is 13.0. The molecule has 2 rings (SSSR count). The zero-order chi connectivity index (χ0) is 12.4. The first-order chi connectivity index (χ1) is 8.10. The quantitative estimate of drug-likeness (QED) is 0.915. The molecule has 2 aromatic rings. The highest BCUT2D eigenvalue weighted by atomic mass is 35.5. The lowest BCUT2D eigenvalue weighted by Gasteiger charge is -2.06. The molecule has 0 bridgehead atoms. The number of nitrogens with one attached hydrogen (secondary N) is 1. The van der Waals surface area contributed by atoms with Crippen LogP contribution in [0.2, 0.25) is 10.0 Å². The molecule has 2 heterocycles. The molecule has 1 N–H and O–H groups in total. The Hall–Kier alpha value is -0.490. The Morgan fingerprint density at radius 3 is 2.65 bits per heavy atom. The van der Waals surface area contributed by atoms with Gasteiger partial charge >= 0.3 is 0 Å². The molecule has 0 aliphatic rings. The molecule has 0 aliphatic carbocycles. The minimum Gasteiger partial charge on any atom is -0.372 e. The average molecular weight is 306 g/mol. The number of halogens is 2. The van der Waals surface area contributed by atoms with Gasteiger partial charge in [-0.3, -0.25) is 0 Å². The van der Waals surface area contributed by atoms with Crippen molar-refractivity contribution in [3.05, 3.63) is 27.2 Å². The van der Waals surface area contributed by atoms with E-state index in [1.165, 1.54) is 11.8 Å². The van der Waals surface area contributed by atoms with Gasteiger partial charge < -0.3 is 5.32 Å². The van der Waals surface area contributed by atoms with Gasteiger partial charge in [-0.05, 0) is 24.8 Å². The van der Waals surface area contributed by atoms with Crippen LogP contribution in [0, 0.1) is 6.92 Å². The number of aryl methyl sites for hydroxylation is 1. The maximum atomic E-state index is 6.10. The highest BCUT2D eigenvalue weighted by Gasteiger charge is 2.11. The molecule has 2 aromatic heterocycles. The smallest absolute Gasteiger partial charge is 0.156 e. The van der Waals surface area contributed by atoms with Gasteiger partial charge in [0.2, 0.25) is 0 Å². The minimum atomic E-state index is 0.511. The predicted molar refractivity (Wildman–Crippen MR) is 74.8 cm³/mol. The standard InChI is InChI=1S/C10H9Cl2N3S2/c1-5-4-16-10(14-5)17-9-7(12)3-6(11)8(13-2)15-9/h3-4H,1-2H3,(H,13,15). The summed E-state index contributed by atoms with van der Waals surface area (Å²) in [5.74, 6) is 0.617. The van der Waals surface area contributed by atoms with Gasteiger partial charge in [0.05, 0.1) is 10.0 Å². The van der Waals surface area contributed by atoms with Crippen LogP contribution >= 0.6 is 46.3 Å². The zero-order valence-corrected chi connectivity index (χ0v) is 12.3. The maximum Gasteiger partial charge on any atom is 0.156 e. The first-order valence-corrected chi connectivity index (χ1v) is 7.19. The van der Waals surface area contributed by atoms with Crippen LogP contribution in [0.5, 0.6) is 0 Å². The van der Waals surface area contributed by atoms with Crippen LogP contribution in [0.4, 0.5) is 5.82 Å². The lowest BCUT2D eigenvalue weighted by atomic mass is 10.4. The monoisotopic (exact) mass is 305 g/mol. The van der Waals surface area contributed by atoms with Gasteiger partial charge in [-0.1, -0.05) is 23.2 Å². The number of anilines is 1. The normalized spacial score (nSPS) is 10.6. The Morgan fingerprint density at radius 2 is 2.06 bits per heavy atom. The lowest BCUT2D eigenvalue weighted by Crippen LogP contribution is -1.95. The molecule has 0 unspecified atom stereocenters. The molecule has 0 saturated heterocycles. The van der Waals surface area contributed by atoms with Crippen LogP contribution in [-0.4, -0.2) is 17.0 Å². The molecule has 0 radical (unpaired) electrons.